The van der Waals surface area contributed by atoms with Crippen LogP contribution in [-0.4, -0.2) is 23.9 Å². The fourth-order valence-corrected chi connectivity index (χ4v) is 1.66. The van der Waals surface area contributed by atoms with Gasteiger partial charge in [-0.05, 0) is 40.5 Å². The molecule has 3 N–H and O–H groups in total. The van der Waals surface area contributed by atoms with Crippen molar-refractivity contribution in [2.24, 2.45) is 5.73 Å². The maximum Gasteiger partial charge on any atom is 0.342 e. The van der Waals surface area contributed by atoms with E-state index in [1.807, 2.05) is 0 Å². The third kappa shape index (κ3) is 3.41. The fourth-order valence-electron chi connectivity index (χ4n) is 1.27. The standard InChI is InChI=1S/C11H13BrFNO3/c1-2-17-11(16)9(13)10(14)6-3-4-8(15)7(12)5-6/h3-5,9-10,15H,2,14H2,1H3/t9?,10-/m1/s1. The average molecular weight is 306 g/mol. The van der Waals surface area contributed by atoms with Crippen molar-refractivity contribution in [2.75, 3.05) is 6.61 Å². The highest BCUT2D eigenvalue weighted by atomic mass is 79.9. The molecule has 0 saturated heterocycles. The van der Waals surface area contributed by atoms with Crippen molar-refractivity contribution in [3.63, 3.8) is 0 Å². The maximum atomic E-state index is 13.6. The molecule has 0 saturated carbocycles. The van der Waals surface area contributed by atoms with E-state index in [2.05, 4.69) is 20.7 Å². The summed E-state index contributed by atoms with van der Waals surface area (Å²) in [6.45, 7) is 1.69. The summed E-state index contributed by atoms with van der Waals surface area (Å²) in [5.41, 5.74) is 6.01. The van der Waals surface area contributed by atoms with Gasteiger partial charge in [-0.25, -0.2) is 9.18 Å². The largest absolute Gasteiger partial charge is 0.507 e. The van der Waals surface area contributed by atoms with Gasteiger partial charge in [0.15, 0.2) is 0 Å². The van der Waals surface area contributed by atoms with Gasteiger partial charge in [0.2, 0.25) is 6.17 Å². The minimum atomic E-state index is -1.92. The van der Waals surface area contributed by atoms with Crippen molar-refractivity contribution in [1.29, 1.82) is 0 Å². The summed E-state index contributed by atoms with van der Waals surface area (Å²) in [6.07, 6.45) is -1.92. The number of aromatic hydroxyl groups is 1. The maximum absolute atomic E-state index is 13.6. The van der Waals surface area contributed by atoms with Crippen LogP contribution in [0.25, 0.3) is 0 Å². The molecule has 0 aliphatic rings. The van der Waals surface area contributed by atoms with Crippen LogP contribution < -0.4 is 5.73 Å². The summed E-state index contributed by atoms with van der Waals surface area (Å²) in [6, 6.07) is 3.17. The Labute approximate surface area is 107 Å². The van der Waals surface area contributed by atoms with Gasteiger partial charge in [0.25, 0.3) is 0 Å². The Morgan fingerprint density at radius 1 is 1.65 bits per heavy atom. The van der Waals surface area contributed by atoms with Crippen LogP contribution in [0, 0.1) is 0 Å². The zero-order chi connectivity index (χ0) is 13.0. The lowest BCUT2D eigenvalue weighted by Gasteiger charge is -2.16. The molecular formula is C11H13BrFNO3. The van der Waals surface area contributed by atoms with Crippen LogP contribution in [0.3, 0.4) is 0 Å². The number of halogens is 2. The molecule has 1 unspecified atom stereocenters. The molecule has 94 valence electrons. The smallest absolute Gasteiger partial charge is 0.342 e. The molecule has 17 heavy (non-hydrogen) atoms. The van der Waals surface area contributed by atoms with E-state index >= 15 is 0 Å². The average Bonchev–Trinajstić information content (AvgIpc) is 2.31. The summed E-state index contributed by atoms with van der Waals surface area (Å²) in [5.74, 6) is -0.961. The van der Waals surface area contributed by atoms with E-state index in [0.717, 1.165) is 0 Å². The first-order valence-corrected chi connectivity index (χ1v) is 5.81. The first-order valence-electron chi connectivity index (χ1n) is 5.02. The molecule has 0 amide bonds. The summed E-state index contributed by atoms with van der Waals surface area (Å²) < 4.78 is 18.6. The number of carbonyl (C=O) groups is 1. The molecule has 1 aromatic carbocycles. The second-order valence-electron chi connectivity index (χ2n) is 3.39. The summed E-state index contributed by atoms with van der Waals surface area (Å²) in [4.78, 5) is 11.2. The quantitative estimate of drug-likeness (QED) is 0.835. The van der Waals surface area contributed by atoms with Crippen molar-refractivity contribution in [2.45, 2.75) is 19.1 Å². The third-order valence-electron chi connectivity index (χ3n) is 2.18. The number of phenolic OH excluding ortho intramolecular Hbond substituents is 1. The van der Waals surface area contributed by atoms with E-state index in [1.54, 1.807) is 6.92 Å². The Hall–Kier alpha value is -1.14. The topological polar surface area (TPSA) is 72.5 Å². The van der Waals surface area contributed by atoms with Crippen molar-refractivity contribution in [3.8, 4) is 5.75 Å². The van der Waals surface area contributed by atoms with Crippen molar-refractivity contribution in [1.82, 2.24) is 0 Å². The molecule has 6 heteroatoms. The molecule has 0 spiro atoms. The highest BCUT2D eigenvalue weighted by Crippen LogP contribution is 2.28. The van der Waals surface area contributed by atoms with Crippen LogP contribution >= 0.6 is 15.9 Å². The predicted octanol–water partition coefficient (Wildman–Crippen LogP) is 2.06. The molecule has 0 aromatic heterocycles. The second kappa shape index (κ2) is 5.97. The lowest BCUT2D eigenvalue weighted by Crippen LogP contribution is -2.31. The van der Waals surface area contributed by atoms with Crippen molar-refractivity contribution < 1.29 is 19.0 Å². The highest BCUT2D eigenvalue weighted by molar-refractivity contribution is 9.10. The molecule has 0 aliphatic heterocycles. The van der Waals surface area contributed by atoms with Gasteiger partial charge in [0.1, 0.15) is 5.75 Å². The number of ether oxygens (including phenoxy) is 1. The number of phenols is 1. The van der Waals surface area contributed by atoms with Gasteiger partial charge in [-0.1, -0.05) is 6.07 Å². The zero-order valence-corrected chi connectivity index (χ0v) is 10.8. The van der Waals surface area contributed by atoms with Gasteiger partial charge in [-0.3, -0.25) is 0 Å². The highest BCUT2D eigenvalue weighted by Gasteiger charge is 2.28. The lowest BCUT2D eigenvalue weighted by molar-refractivity contribution is -0.149. The summed E-state index contributed by atoms with van der Waals surface area (Å²) in [7, 11) is 0. The lowest BCUT2D eigenvalue weighted by atomic mass is 10.0. The molecule has 0 radical (unpaired) electrons. The van der Waals surface area contributed by atoms with Crippen LogP contribution in [-0.2, 0) is 9.53 Å². The van der Waals surface area contributed by atoms with Gasteiger partial charge in [-0.2, -0.15) is 0 Å². The van der Waals surface area contributed by atoms with Gasteiger partial charge in [-0.15, -0.1) is 0 Å². The third-order valence-corrected chi connectivity index (χ3v) is 2.82. The van der Waals surface area contributed by atoms with Crippen LogP contribution in [0.4, 0.5) is 4.39 Å². The minimum Gasteiger partial charge on any atom is -0.507 e. The van der Waals surface area contributed by atoms with E-state index in [1.165, 1.54) is 18.2 Å². The number of benzene rings is 1. The molecule has 4 nitrogen and oxygen atoms in total. The van der Waals surface area contributed by atoms with Gasteiger partial charge >= 0.3 is 5.97 Å². The van der Waals surface area contributed by atoms with E-state index < -0.39 is 18.2 Å². The first kappa shape index (κ1) is 13.9. The van der Waals surface area contributed by atoms with E-state index in [9.17, 15) is 14.3 Å². The second-order valence-corrected chi connectivity index (χ2v) is 4.24. The van der Waals surface area contributed by atoms with E-state index in [0.29, 0.717) is 10.0 Å². The zero-order valence-electron chi connectivity index (χ0n) is 9.19. The molecule has 1 rings (SSSR count). The monoisotopic (exact) mass is 305 g/mol. The summed E-state index contributed by atoms with van der Waals surface area (Å²) in [5, 5.41) is 9.28. The van der Waals surface area contributed by atoms with Crippen LogP contribution in [0.2, 0.25) is 0 Å². The number of hydrogen-bond acceptors (Lipinski definition) is 4. The van der Waals surface area contributed by atoms with E-state index in [4.69, 9.17) is 5.73 Å². The number of nitrogens with two attached hydrogens (primary N) is 1. The fraction of sp³-hybridized carbons (Fsp3) is 0.364. The Morgan fingerprint density at radius 2 is 2.29 bits per heavy atom. The Bertz CT molecular complexity index is 414. The van der Waals surface area contributed by atoms with Gasteiger partial charge in [0, 0.05) is 0 Å². The number of alkyl halides is 1. The molecule has 0 bridgehead atoms. The van der Waals surface area contributed by atoms with Gasteiger partial charge < -0.3 is 15.6 Å². The van der Waals surface area contributed by atoms with Crippen LogP contribution in [0.15, 0.2) is 22.7 Å². The van der Waals surface area contributed by atoms with Gasteiger partial charge in [0.05, 0.1) is 17.1 Å². The molecule has 0 fully saturated rings. The molecule has 0 heterocycles. The normalized spacial score (nSPS) is 14.1. The molecule has 1 aromatic rings. The Balaban J connectivity index is 2.84. The van der Waals surface area contributed by atoms with Crippen LogP contribution in [0.1, 0.15) is 18.5 Å². The SMILES string of the molecule is CCOC(=O)C(F)[C@H](N)c1ccc(O)c(Br)c1. The number of hydrogen-bond donors (Lipinski definition) is 2. The number of carbonyl (C=O) groups excluding carboxylic acids is 1. The predicted molar refractivity (Wildman–Crippen MR) is 64.3 cm³/mol. The molecular weight excluding hydrogens is 293 g/mol. The van der Waals surface area contributed by atoms with Crippen molar-refractivity contribution >= 4 is 21.9 Å². The first-order chi connectivity index (χ1) is 7.97. The number of rotatable bonds is 4. The minimum absolute atomic E-state index is 0.0208. The number of esters is 1. The molecule has 2 atom stereocenters. The molecule has 0 aliphatic carbocycles. The van der Waals surface area contributed by atoms with Crippen molar-refractivity contribution in [3.05, 3.63) is 28.2 Å². The van der Waals surface area contributed by atoms with Crippen LogP contribution in [0.5, 0.6) is 5.75 Å². The Morgan fingerprint density at radius 3 is 2.82 bits per heavy atom. The Kier molecular flexibility index (Phi) is 4.89. The van der Waals surface area contributed by atoms with E-state index in [-0.39, 0.29) is 12.4 Å². The summed E-state index contributed by atoms with van der Waals surface area (Å²) >= 11 is 3.09.